The number of hydrogen-bond acceptors (Lipinski definition) is 3. The lowest BCUT2D eigenvalue weighted by Crippen LogP contribution is -2.39. The van der Waals surface area contributed by atoms with Gasteiger partial charge in [-0.05, 0) is 42.2 Å². The van der Waals surface area contributed by atoms with Crippen LogP contribution in [-0.2, 0) is 22.7 Å². The molecule has 0 fully saturated rings. The number of hydrogen-bond donors (Lipinski definition) is 2. The highest BCUT2D eigenvalue weighted by molar-refractivity contribution is 14.0. The van der Waals surface area contributed by atoms with Gasteiger partial charge in [0, 0.05) is 31.4 Å². The van der Waals surface area contributed by atoms with E-state index in [9.17, 15) is 8.42 Å². The van der Waals surface area contributed by atoms with Crippen LogP contribution >= 0.6 is 35.6 Å². The number of benzene rings is 2. The van der Waals surface area contributed by atoms with E-state index in [1.54, 1.807) is 19.2 Å². The largest absolute Gasteiger partial charge is 0.356 e. The summed E-state index contributed by atoms with van der Waals surface area (Å²) in [6.07, 6.45) is 2.80. The Hall–Kier alpha value is -1.32. The molecule has 0 heterocycles. The number of rotatable bonds is 7. The monoisotopic (exact) mass is 521 g/mol. The zero-order valence-corrected chi connectivity index (χ0v) is 19.3. The van der Waals surface area contributed by atoms with E-state index in [1.165, 1.54) is 6.26 Å². The maximum Gasteiger partial charge on any atom is 0.190 e. The molecule has 2 aromatic rings. The molecule has 0 saturated carbocycles. The lowest BCUT2D eigenvalue weighted by Gasteiger charge is -2.12. The molecule has 2 N–H and O–H groups in total. The first-order valence-electron chi connectivity index (χ1n) is 8.37. The van der Waals surface area contributed by atoms with Crippen molar-refractivity contribution in [3.63, 3.8) is 0 Å². The third-order valence-corrected chi connectivity index (χ3v) is 5.42. The van der Waals surface area contributed by atoms with Gasteiger partial charge in [0.25, 0.3) is 0 Å². The summed E-state index contributed by atoms with van der Waals surface area (Å²) in [5, 5.41) is 7.29. The smallest absolute Gasteiger partial charge is 0.190 e. The summed E-state index contributed by atoms with van der Waals surface area (Å²) in [7, 11) is -1.42. The van der Waals surface area contributed by atoms with Crippen molar-refractivity contribution in [2.75, 3.05) is 26.4 Å². The predicted octanol–water partition coefficient (Wildman–Crippen LogP) is 3.31. The molecule has 0 aliphatic carbocycles. The van der Waals surface area contributed by atoms with E-state index in [1.807, 2.05) is 36.4 Å². The second kappa shape index (κ2) is 11.5. The molecule has 0 bridgehead atoms. The van der Waals surface area contributed by atoms with Crippen molar-refractivity contribution < 1.29 is 8.42 Å². The van der Waals surface area contributed by atoms with Gasteiger partial charge in [-0.15, -0.1) is 24.0 Å². The quantitative estimate of drug-likeness (QED) is 0.333. The summed E-state index contributed by atoms with van der Waals surface area (Å²) in [4.78, 5) is 4.54. The van der Waals surface area contributed by atoms with Crippen LogP contribution in [0.4, 0.5) is 0 Å². The molecule has 0 aliphatic rings. The number of aliphatic imine (C=N–C) groups is 1. The third-order valence-electron chi connectivity index (χ3n) is 3.93. The van der Waals surface area contributed by atoms with Crippen LogP contribution in [-0.4, -0.2) is 40.8 Å². The van der Waals surface area contributed by atoms with Crippen LogP contribution in [0.5, 0.6) is 0 Å². The summed E-state index contributed by atoms with van der Waals surface area (Å²) in [5.41, 5.74) is 2.17. The van der Waals surface area contributed by atoms with Gasteiger partial charge in [-0.3, -0.25) is 4.99 Å². The lowest BCUT2D eigenvalue weighted by atomic mass is 10.1. The Morgan fingerprint density at radius 3 is 2.15 bits per heavy atom. The molecule has 148 valence electrons. The fourth-order valence-corrected chi connectivity index (χ4v) is 3.33. The van der Waals surface area contributed by atoms with Gasteiger partial charge in [0.15, 0.2) is 15.8 Å². The Morgan fingerprint density at radius 2 is 1.59 bits per heavy atom. The van der Waals surface area contributed by atoms with E-state index < -0.39 is 9.84 Å². The molecule has 0 radical (unpaired) electrons. The third kappa shape index (κ3) is 8.06. The van der Waals surface area contributed by atoms with Crippen LogP contribution in [0.1, 0.15) is 11.1 Å². The predicted molar refractivity (Wildman–Crippen MR) is 123 cm³/mol. The second-order valence-corrected chi connectivity index (χ2v) is 8.36. The molecule has 0 spiro atoms. The first kappa shape index (κ1) is 23.7. The van der Waals surface area contributed by atoms with Gasteiger partial charge in [-0.25, -0.2) is 8.42 Å². The Morgan fingerprint density at radius 1 is 1.00 bits per heavy atom. The molecule has 0 atom stereocenters. The maximum atomic E-state index is 11.5. The van der Waals surface area contributed by atoms with Crippen molar-refractivity contribution in [1.29, 1.82) is 0 Å². The minimum absolute atomic E-state index is 0. The fraction of sp³-hybridized carbons (Fsp3) is 0.316. The van der Waals surface area contributed by atoms with Gasteiger partial charge in [-0.1, -0.05) is 41.9 Å². The molecular formula is C19H25ClIN3O2S. The molecular weight excluding hydrogens is 497 g/mol. The Labute approximate surface area is 183 Å². The van der Waals surface area contributed by atoms with E-state index in [0.717, 1.165) is 41.5 Å². The second-order valence-electron chi connectivity index (χ2n) is 5.93. The average Bonchev–Trinajstić information content (AvgIpc) is 2.61. The van der Waals surface area contributed by atoms with Gasteiger partial charge in [-0.2, -0.15) is 0 Å². The first-order valence-corrected chi connectivity index (χ1v) is 10.6. The molecule has 0 aromatic heterocycles. The van der Waals surface area contributed by atoms with Crippen molar-refractivity contribution in [1.82, 2.24) is 10.6 Å². The molecule has 27 heavy (non-hydrogen) atoms. The van der Waals surface area contributed by atoms with Gasteiger partial charge in [0.05, 0.1) is 4.90 Å². The molecule has 0 unspecified atom stereocenters. The topological polar surface area (TPSA) is 70.6 Å². The van der Waals surface area contributed by atoms with Crippen molar-refractivity contribution in [3.05, 3.63) is 64.7 Å². The Kier molecular flexibility index (Phi) is 10.1. The normalized spacial score (nSPS) is 11.6. The van der Waals surface area contributed by atoms with Gasteiger partial charge >= 0.3 is 0 Å². The number of sulfone groups is 1. The fourth-order valence-electron chi connectivity index (χ4n) is 2.47. The lowest BCUT2D eigenvalue weighted by molar-refractivity contribution is 0.602. The highest BCUT2D eigenvalue weighted by Crippen LogP contribution is 2.14. The summed E-state index contributed by atoms with van der Waals surface area (Å²) in [6, 6.07) is 14.8. The van der Waals surface area contributed by atoms with Crippen molar-refractivity contribution in [2.45, 2.75) is 17.7 Å². The molecule has 2 rings (SSSR count). The van der Waals surface area contributed by atoms with E-state index >= 15 is 0 Å². The summed E-state index contributed by atoms with van der Waals surface area (Å²) in [5.74, 6) is 0.727. The zero-order valence-electron chi connectivity index (χ0n) is 15.4. The van der Waals surface area contributed by atoms with Crippen molar-refractivity contribution in [2.24, 2.45) is 4.99 Å². The highest BCUT2D eigenvalue weighted by Gasteiger charge is 2.06. The standard InChI is InChI=1S/C19H24ClN3O2S.HI/c1-21-19(23-14-12-16-5-3-4-6-18(16)20)22-13-11-15-7-9-17(10-8-15)26(2,24)25;/h3-10H,11-14H2,1-2H3,(H2,21,22,23);1H. The summed E-state index contributed by atoms with van der Waals surface area (Å²) >= 11 is 6.15. The minimum atomic E-state index is -3.15. The van der Waals surface area contributed by atoms with E-state index in [0.29, 0.717) is 11.4 Å². The van der Waals surface area contributed by atoms with Crippen LogP contribution in [0, 0.1) is 0 Å². The molecule has 5 nitrogen and oxygen atoms in total. The Balaban J connectivity index is 0.00000364. The summed E-state index contributed by atoms with van der Waals surface area (Å²) < 4.78 is 22.9. The molecule has 0 aliphatic heterocycles. The highest BCUT2D eigenvalue weighted by atomic mass is 127. The number of halogens is 2. The van der Waals surface area contributed by atoms with Gasteiger partial charge in [0.2, 0.25) is 0 Å². The van der Waals surface area contributed by atoms with Crippen LogP contribution in [0.2, 0.25) is 5.02 Å². The SMILES string of the molecule is CN=C(NCCc1ccc(S(C)(=O)=O)cc1)NCCc1ccccc1Cl.I. The molecule has 0 amide bonds. The van der Waals surface area contributed by atoms with Gasteiger partial charge in [0.1, 0.15) is 0 Å². The Bertz CT molecular complexity index is 856. The summed E-state index contributed by atoms with van der Waals surface area (Å²) in [6.45, 7) is 1.43. The van der Waals surface area contributed by atoms with E-state index in [2.05, 4.69) is 15.6 Å². The van der Waals surface area contributed by atoms with Crippen LogP contribution in [0.15, 0.2) is 58.4 Å². The average molecular weight is 522 g/mol. The zero-order chi connectivity index (χ0) is 19.0. The first-order chi connectivity index (χ1) is 12.4. The van der Waals surface area contributed by atoms with Gasteiger partial charge < -0.3 is 10.6 Å². The minimum Gasteiger partial charge on any atom is -0.356 e. The van der Waals surface area contributed by atoms with Crippen LogP contribution in [0.3, 0.4) is 0 Å². The van der Waals surface area contributed by atoms with Crippen LogP contribution in [0.25, 0.3) is 0 Å². The van der Waals surface area contributed by atoms with Crippen LogP contribution < -0.4 is 10.6 Å². The number of nitrogens with one attached hydrogen (secondary N) is 2. The van der Waals surface area contributed by atoms with Crippen molar-refractivity contribution in [3.8, 4) is 0 Å². The maximum absolute atomic E-state index is 11.5. The number of guanidine groups is 1. The van der Waals surface area contributed by atoms with E-state index in [-0.39, 0.29) is 24.0 Å². The van der Waals surface area contributed by atoms with Crippen molar-refractivity contribution >= 4 is 51.4 Å². The molecule has 0 saturated heterocycles. The van der Waals surface area contributed by atoms with E-state index in [4.69, 9.17) is 11.6 Å². The molecule has 2 aromatic carbocycles. The molecule has 8 heteroatoms. The number of nitrogens with zero attached hydrogens (tertiary/aromatic N) is 1.